The molecule has 1 aliphatic carbocycles. The predicted octanol–water partition coefficient (Wildman–Crippen LogP) is 2.87. The molecule has 2 atom stereocenters. The molecule has 1 saturated carbocycles. The molecule has 2 unspecified atom stereocenters. The Labute approximate surface area is 134 Å². The Bertz CT molecular complexity index is 546. The Hall–Kier alpha value is -1.75. The third-order valence-corrected chi connectivity index (χ3v) is 4.37. The summed E-state index contributed by atoms with van der Waals surface area (Å²) in [4.78, 5) is 23.4. The van der Waals surface area contributed by atoms with Crippen molar-refractivity contribution in [1.29, 1.82) is 0 Å². The first kappa shape index (κ1) is 16.6. The van der Waals surface area contributed by atoms with E-state index in [1.54, 1.807) is 31.2 Å². The average molecular weight is 326 g/mol. The second-order valence-corrected chi connectivity index (χ2v) is 6.28. The number of benzene rings is 1. The number of carbonyl (C=O) groups excluding carboxylic acids is 1. The normalized spacial score (nSPS) is 24.5. The molecule has 0 heterocycles. The second kappa shape index (κ2) is 7.01. The molecule has 6 heteroatoms. The van der Waals surface area contributed by atoms with Crippen molar-refractivity contribution in [2.24, 2.45) is 5.92 Å². The highest BCUT2D eigenvalue weighted by molar-refractivity contribution is 6.30. The van der Waals surface area contributed by atoms with Crippen molar-refractivity contribution < 1.29 is 19.4 Å². The van der Waals surface area contributed by atoms with E-state index in [2.05, 4.69) is 5.32 Å². The van der Waals surface area contributed by atoms with Crippen LogP contribution in [-0.4, -0.2) is 29.1 Å². The number of halogens is 1. The standard InChI is InChI=1S/C16H20ClNO4/c1-16(9-3-2-4-13(16)15(20)21)18-14(19)10-22-12-7-5-11(17)6-8-12/h5-8,13H,2-4,9-10H2,1H3,(H,18,19)(H,20,21). The molecule has 120 valence electrons. The lowest BCUT2D eigenvalue weighted by Crippen LogP contribution is -2.56. The quantitative estimate of drug-likeness (QED) is 0.872. The summed E-state index contributed by atoms with van der Waals surface area (Å²) in [5.74, 6) is -1.18. The van der Waals surface area contributed by atoms with Crippen LogP contribution in [0.2, 0.25) is 5.02 Å². The summed E-state index contributed by atoms with van der Waals surface area (Å²) in [6, 6.07) is 6.71. The molecule has 1 aliphatic rings. The van der Waals surface area contributed by atoms with Gasteiger partial charge in [-0.2, -0.15) is 0 Å². The molecule has 1 aromatic carbocycles. The minimum Gasteiger partial charge on any atom is -0.484 e. The highest BCUT2D eigenvalue weighted by Crippen LogP contribution is 2.33. The molecule has 2 N–H and O–H groups in total. The number of carboxylic acid groups (broad SMARTS) is 1. The van der Waals surface area contributed by atoms with Crippen molar-refractivity contribution in [3.63, 3.8) is 0 Å². The zero-order valence-electron chi connectivity index (χ0n) is 12.5. The fraction of sp³-hybridized carbons (Fsp3) is 0.500. The fourth-order valence-corrected chi connectivity index (χ4v) is 3.04. The first-order valence-corrected chi connectivity index (χ1v) is 7.71. The Balaban J connectivity index is 1.92. The van der Waals surface area contributed by atoms with Gasteiger partial charge in [-0.05, 0) is 44.0 Å². The van der Waals surface area contributed by atoms with E-state index >= 15 is 0 Å². The molecule has 0 saturated heterocycles. The van der Waals surface area contributed by atoms with Gasteiger partial charge >= 0.3 is 5.97 Å². The number of ether oxygens (including phenoxy) is 1. The summed E-state index contributed by atoms with van der Waals surface area (Å²) in [5, 5.41) is 12.8. The largest absolute Gasteiger partial charge is 0.484 e. The number of amides is 1. The molecule has 1 fully saturated rings. The highest BCUT2D eigenvalue weighted by atomic mass is 35.5. The molecule has 1 amide bonds. The monoisotopic (exact) mass is 325 g/mol. The van der Waals surface area contributed by atoms with Gasteiger partial charge < -0.3 is 15.2 Å². The molecule has 22 heavy (non-hydrogen) atoms. The number of carboxylic acids is 1. The van der Waals surface area contributed by atoms with Gasteiger partial charge in [0.1, 0.15) is 5.75 Å². The number of nitrogens with one attached hydrogen (secondary N) is 1. The van der Waals surface area contributed by atoms with Crippen LogP contribution in [0.3, 0.4) is 0 Å². The number of hydrogen-bond donors (Lipinski definition) is 2. The van der Waals surface area contributed by atoms with Crippen LogP contribution in [0, 0.1) is 5.92 Å². The Morgan fingerprint density at radius 3 is 2.68 bits per heavy atom. The van der Waals surface area contributed by atoms with Crippen molar-refractivity contribution >= 4 is 23.5 Å². The van der Waals surface area contributed by atoms with Gasteiger partial charge in [-0.15, -0.1) is 0 Å². The predicted molar refractivity (Wildman–Crippen MR) is 83.1 cm³/mol. The van der Waals surface area contributed by atoms with Crippen LogP contribution < -0.4 is 10.1 Å². The third kappa shape index (κ3) is 4.13. The van der Waals surface area contributed by atoms with Gasteiger partial charge in [-0.3, -0.25) is 9.59 Å². The number of carbonyl (C=O) groups is 2. The molecular weight excluding hydrogens is 306 g/mol. The molecule has 0 bridgehead atoms. The summed E-state index contributed by atoms with van der Waals surface area (Å²) < 4.78 is 5.39. The SMILES string of the molecule is CC1(NC(=O)COc2ccc(Cl)cc2)CCCCC1C(=O)O. The van der Waals surface area contributed by atoms with Crippen molar-refractivity contribution in [3.05, 3.63) is 29.3 Å². The molecular formula is C16H20ClNO4. The number of hydrogen-bond acceptors (Lipinski definition) is 3. The lowest BCUT2D eigenvalue weighted by molar-refractivity contribution is -0.146. The zero-order valence-corrected chi connectivity index (χ0v) is 13.2. The molecule has 1 aromatic rings. The van der Waals surface area contributed by atoms with Crippen molar-refractivity contribution in [1.82, 2.24) is 5.32 Å². The second-order valence-electron chi connectivity index (χ2n) is 5.84. The van der Waals surface area contributed by atoms with Crippen LogP contribution in [0.1, 0.15) is 32.6 Å². The van der Waals surface area contributed by atoms with Crippen molar-refractivity contribution in [3.8, 4) is 5.75 Å². The van der Waals surface area contributed by atoms with E-state index in [4.69, 9.17) is 16.3 Å². The first-order valence-electron chi connectivity index (χ1n) is 7.33. The average Bonchev–Trinajstić information content (AvgIpc) is 2.46. The minimum absolute atomic E-state index is 0.149. The maximum Gasteiger partial charge on any atom is 0.308 e. The molecule has 0 spiro atoms. The number of rotatable bonds is 5. The van der Waals surface area contributed by atoms with Gasteiger partial charge in [0.2, 0.25) is 0 Å². The van der Waals surface area contributed by atoms with E-state index < -0.39 is 17.4 Å². The molecule has 0 aliphatic heterocycles. The first-order chi connectivity index (χ1) is 10.4. The van der Waals surface area contributed by atoms with Crippen LogP contribution in [0.5, 0.6) is 5.75 Å². The van der Waals surface area contributed by atoms with E-state index in [-0.39, 0.29) is 12.5 Å². The Morgan fingerprint density at radius 1 is 1.36 bits per heavy atom. The lowest BCUT2D eigenvalue weighted by atomic mass is 9.74. The van der Waals surface area contributed by atoms with E-state index in [1.807, 2.05) is 0 Å². The van der Waals surface area contributed by atoms with E-state index in [0.29, 0.717) is 23.6 Å². The van der Waals surface area contributed by atoms with Crippen molar-refractivity contribution in [2.45, 2.75) is 38.1 Å². The van der Waals surface area contributed by atoms with Crippen LogP contribution in [0.4, 0.5) is 0 Å². The maximum absolute atomic E-state index is 12.1. The Morgan fingerprint density at radius 2 is 2.05 bits per heavy atom. The van der Waals surface area contributed by atoms with Gasteiger partial charge in [0.15, 0.2) is 6.61 Å². The third-order valence-electron chi connectivity index (χ3n) is 4.11. The lowest BCUT2D eigenvalue weighted by Gasteiger charge is -2.39. The molecule has 0 radical (unpaired) electrons. The molecule has 0 aromatic heterocycles. The topological polar surface area (TPSA) is 75.6 Å². The maximum atomic E-state index is 12.1. The van der Waals surface area contributed by atoms with Crippen LogP contribution in [0.25, 0.3) is 0 Å². The zero-order chi connectivity index (χ0) is 16.2. The minimum atomic E-state index is -0.860. The summed E-state index contributed by atoms with van der Waals surface area (Å²) in [5.41, 5.74) is -0.718. The molecule has 5 nitrogen and oxygen atoms in total. The summed E-state index contributed by atoms with van der Waals surface area (Å²) >= 11 is 5.78. The Kier molecular flexibility index (Phi) is 5.29. The summed E-state index contributed by atoms with van der Waals surface area (Å²) in [6.07, 6.45) is 3.04. The van der Waals surface area contributed by atoms with Gasteiger partial charge in [0.25, 0.3) is 5.91 Å². The number of aliphatic carboxylic acids is 1. The van der Waals surface area contributed by atoms with Crippen molar-refractivity contribution in [2.75, 3.05) is 6.61 Å². The fourth-order valence-electron chi connectivity index (χ4n) is 2.91. The summed E-state index contributed by atoms with van der Waals surface area (Å²) in [6.45, 7) is 1.65. The summed E-state index contributed by atoms with van der Waals surface area (Å²) in [7, 11) is 0. The van der Waals surface area contributed by atoms with Crippen LogP contribution in [0.15, 0.2) is 24.3 Å². The van der Waals surface area contributed by atoms with Gasteiger partial charge in [0.05, 0.1) is 11.5 Å². The van der Waals surface area contributed by atoms with Crippen LogP contribution in [-0.2, 0) is 9.59 Å². The molecule has 2 rings (SSSR count). The van der Waals surface area contributed by atoms with Gasteiger partial charge in [-0.25, -0.2) is 0 Å². The van der Waals surface area contributed by atoms with Gasteiger partial charge in [0, 0.05) is 5.02 Å². The van der Waals surface area contributed by atoms with Crippen LogP contribution >= 0.6 is 11.6 Å². The van der Waals surface area contributed by atoms with Gasteiger partial charge in [-0.1, -0.05) is 24.4 Å². The smallest absolute Gasteiger partial charge is 0.308 e. The highest BCUT2D eigenvalue weighted by Gasteiger charge is 2.42. The van der Waals surface area contributed by atoms with E-state index in [9.17, 15) is 14.7 Å². The van der Waals surface area contributed by atoms with E-state index in [0.717, 1.165) is 12.8 Å². The van der Waals surface area contributed by atoms with E-state index in [1.165, 1.54) is 0 Å².